The number of hydrogen-bond donors (Lipinski definition) is 1. The number of rotatable bonds is 4. The molecule has 80 valence electrons. The summed E-state index contributed by atoms with van der Waals surface area (Å²) in [4.78, 5) is 29.6. The van der Waals surface area contributed by atoms with Crippen molar-refractivity contribution in [3.05, 3.63) is 6.42 Å². The molecule has 0 fully saturated rings. The first kappa shape index (κ1) is 19.2. The first-order valence-electron chi connectivity index (χ1n) is 3.97. The fourth-order valence-corrected chi connectivity index (χ4v) is 0.500. The molecule has 0 saturated carbocycles. The molecule has 0 radical (unpaired) electrons. The second kappa shape index (κ2) is 12.6. The smallest absolute Gasteiger partial charge is 0.303 e. The number of aliphatic carboxylic acids is 1. The van der Waals surface area contributed by atoms with Gasteiger partial charge in [0.15, 0.2) is 0 Å². The summed E-state index contributed by atoms with van der Waals surface area (Å²) in [5, 5.41) is 7.91. The van der Waals surface area contributed by atoms with Crippen molar-refractivity contribution in [3.8, 4) is 0 Å². The molecule has 0 aromatic carbocycles. The molecule has 4 nitrogen and oxygen atoms in total. The Morgan fingerprint density at radius 2 is 1.50 bits per heavy atom. The fourth-order valence-electron chi connectivity index (χ4n) is 0.500. The van der Waals surface area contributed by atoms with Crippen LogP contribution in [0.3, 0.4) is 0 Å². The summed E-state index contributed by atoms with van der Waals surface area (Å²) in [6.45, 7) is 4.54. The Balaban J connectivity index is -0.000000163. The van der Waals surface area contributed by atoms with E-state index in [0.717, 1.165) is 12.8 Å². The largest absolute Gasteiger partial charge is 0.481 e. The molecule has 0 aliphatic heterocycles. The van der Waals surface area contributed by atoms with Gasteiger partial charge in [-0.15, -0.1) is 0 Å². The van der Waals surface area contributed by atoms with E-state index in [-0.39, 0.29) is 37.8 Å². The van der Waals surface area contributed by atoms with Gasteiger partial charge < -0.3 is 14.7 Å². The van der Waals surface area contributed by atoms with E-state index in [2.05, 4.69) is 0 Å². The molecule has 0 aromatic heterocycles. The van der Waals surface area contributed by atoms with E-state index in [9.17, 15) is 14.4 Å². The topological polar surface area (TPSA) is 71.4 Å². The van der Waals surface area contributed by atoms with Crippen molar-refractivity contribution in [2.75, 3.05) is 0 Å². The molecule has 0 spiro atoms. The maximum Gasteiger partial charge on any atom is 0.303 e. The third-order valence-electron chi connectivity index (χ3n) is 0.870. The SMILES string of the molecule is CC(=O)[CH-]C(C)=O.CCCC(=O)O.[Zr]. The zero-order valence-electron chi connectivity index (χ0n) is 8.66. The average molecular weight is 278 g/mol. The minimum atomic E-state index is -0.711. The van der Waals surface area contributed by atoms with Crippen LogP contribution < -0.4 is 0 Å². The molecular formula is C9H15O4Zr-. The molecule has 0 rings (SSSR count). The van der Waals surface area contributed by atoms with Crippen LogP contribution in [0.25, 0.3) is 0 Å². The molecule has 0 saturated heterocycles. The number of carboxylic acids is 1. The van der Waals surface area contributed by atoms with E-state index < -0.39 is 5.97 Å². The van der Waals surface area contributed by atoms with Crippen molar-refractivity contribution < 1.29 is 45.7 Å². The monoisotopic (exact) mass is 277 g/mol. The molecule has 0 amide bonds. The van der Waals surface area contributed by atoms with Crippen molar-refractivity contribution in [2.45, 2.75) is 33.6 Å². The number of hydrogen-bond acceptors (Lipinski definition) is 3. The summed E-state index contributed by atoms with van der Waals surface area (Å²) >= 11 is 0. The summed E-state index contributed by atoms with van der Waals surface area (Å²) in [6.07, 6.45) is 2.08. The van der Waals surface area contributed by atoms with Crippen molar-refractivity contribution in [3.63, 3.8) is 0 Å². The van der Waals surface area contributed by atoms with Crippen LogP contribution in [0.4, 0.5) is 0 Å². The van der Waals surface area contributed by atoms with Crippen molar-refractivity contribution in [2.24, 2.45) is 0 Å². The number of carboxylic acid groups (broad SMARTS) is 1. The summed E-state index contributed by atoms with van der Waals surface area (Å²) in [6, 6.07) is 0. The standard InChI is InChI=1S/C5H7O2.C4H8O2.Zr/c1-4(6)3-5(2)7;1-2-3-4(5)6;/h3H,1-2H3;2-3H2,1H3,(H,5,6);/q-1;;. The predicted octanol–water partition coefficient (Wildman–Crippen LogP) is 1.24. The second-order valence-corrected chi connectivity index (χ2v) is 2.51. The Kier molecular flexibility index (Phi) is 17.2. The van der Waals surface area contributed by atoms with Gasteiger partial charge in [-0.3, -0.25) is 11.2 Å². The summed E-state index contributed by atoms with van der Waals surface area (Å²) < 4.78 is 0. The number of ketones is 2. The zero-order chi connectivity index (χ0) is 10.9. The van der Waals surface area contributed by atoms with Gasteiger partial charge in [-0.2, -0.15) is 0 Å². The molecule has 14 heavy (non-hydrogen) atoms. The maximum atomic E-state index is 9.98. The van der Waals surface area contributed by atoms with Crippen LogP contribution >= 0.6 is 0 Å². The predicted molar refractivity (Wildman–Crippen MR) is 48.2 cm³/mol. The van der Waals surface area contributed by atoms with Gasteiger partial charge in [0.1, 0.15) is 0 Å². The van der Waals surface area contributed by atoms with Gasteiger partial charge in [0.25, 0.3) is 0 Å². The van der Waals surface area contributed by atoms with Crippen LogP contribution in [-0.4, -0.2) is 22.6 Å². The van der Waals surface area contributed by atoms with E-state index in [1.54, 1.807) is 0 Å². The Morgan fingerprint density at radius 1 is 1.14 bits per heavy atom. The van der Waals surface area contributed by atoms with E-state index in [4.69, 9.17) is 5.11 Å². The van der Waals surface area contributed by atoms with Gasteiger partial charge >= 0.3 is 5.97 Å². The van der Waals surface area contributed by atoms with Crippen LogP contribution in [0.1, 0.15) is 33.6 Å². The van der Waals surface area contributed by atoms with E-state index in [1.165, 1.54) is 13.8 Å². The third-order valence-corrected chi connectivity index (χ3v) is 0.870. The number of carbonyl (C=O) groups is 3. The third kappa shape index (κ3) is 30.0. The molecule has 0 heterocycles. The molecule has 0 aromatic rings. The van der Waals surface area contributed by atoms with Gasteiger partial charge in [-0.1, -0.05) is 6.92 Å². The van der Waals surface area contributed by atoms with Gasteiger partial charge in [-0.25, -0.2) is 0 Å². The van der Waals surface area contributed by atoms with E-state index in [1.807, 2.05) is 6.92 Å². The molecular weight excluding hydrogens is 263 g/mol. The van der Waals surface area contributed by atoms with Gasteiger partial charge in [0, 0.05) is 44.2 Å². The summed E-state index contributed by atoms with van der Waals surface area (Å²) in [7, 11) is 0. The number of carbonyl (C=O) groups excluding carboxylic acids is 2. The van der Waals surface area contributed by atoms with Crippen molar-refractivity contribution in [1.82, 2.24) is 0 Å². The molecule has 1 N–H and O–H groups in total. The molecule has 0 atom stereocenters. The van der Waals surface area contributed by atoms with Crippen LogP contribution in [-0.2, 0) is 40.6 Å². The van der Waals surface area contributed by atoms with Gasteiger partial charge in [0.05, 0.1) is 0 Å². The van der Waals surface area contributed by atoms with Crippen LogP contribution in [0.2, 0.25) is 0 Å². The summed E-state index contributed by atoms with van der Waals surface area (Å²) in [5.41, 5.74) is 0. The first-order valence-corrected chi connectivity index (χ1v) is 3.97. The minimum Gasteiger partial charge on any atom is -0.481 e. The molecule has 0 aliphatic carbocycles. The molecule has 0 aliphatic rings. The minimum absolute atomic E-state index is 0. The van der Waals surface area contributed by atoms with Crippen molar-refractivity contribution in [1.29, 1.82) is 0 Å². The summed E-state index contributed by atoms with van der Waals surface area (Å²) in [5.74, 6) is -1.09. The molecule has 0 bridgehead atoms. The van der Waals surface area contributed by atoms with Gasteiger partial charge in [-0.05, 0) is 20.3 Å². The van der Waals surface area contributed by atoms with E-state index in [0.29, 0.717) is 6.42 Å². The quantitative estimate of drug-likeness (QED) is 0.620. The molecule has 5 heteroatoms. The van der Waals surface area contributed by atoms with Crippen LogP contribution in [0.15, 0.2) is 0 Å². The molecule has 0 unspecified atom stereocenters. The van der Waals surface area contributed by atoms with Gasteiger partial charge in [0.2, 0.25) is 0 Å². The van der Waals surface area contributed by atoms with Crippen molar-refractivity contribution >= 4 is 17.5 Å². The first-order chi connectivity index (χ1) is 5.90. The maximum absolute atomic E-state index is 9.98. The average Bonchev–Trinajstić information content (AvgIpc) is 1.83. The van der Waals surface area contributed by atoms with Crippen LogP contribution in [0, 0.1) is 6.42 Å². The van der Waals surface area contributed by atoms with E-state index >= 15 is 0 Å². The Bertz CT molecular complexity index is 177. The number of Topliss-reactive ketones (excluding diaryl/α,β-unsaturated/α-hetero) is 2. The fraction of sp³-hybridized carbons (Fsp3) is 0.556. The Morgan fingerprint density at radius 3 is 1.50 bits per heavy atom. The van der Waals surface area contributed by atoms with Crippen LogP contribution in [0.5, 0.6) is 0 Å². The zero-order valence-corrected chi connectivity index (χ0v) is 11.1. The normalized spacial score (nSPS) is 7.36. The Hall–Kier alpha value is -0.437. The second-order valence-electron chi connectivity index (χ2n) is 2.51. The Labute approximate surface area is 103 Å².